The van der Waals surface area contributed by atoms with Gasteiger partial charge in [-0.3, -0.25) is 14.6 Å². The van der Waals surface area contributed by atoms with Gasteiger partial charge in [0.2, 0.25) is 0 Å². The van der Waals surface area contributed by atoms with Crippen molar-refractivity contribution < 1.29 is 14.0 Å². The first-order valence-corrected chi connectivity index (χ1v) is 10.8. The maximum Gasteiger partial charge on any atom is 0.257 e. The fourth-order valence-electron chi connectivity index (χ4n) is 4.16. The maximum absolute atomic E-state index is 13.5. The second-order valence-electron chi connectivity index (χ2n) is 8.29. The van der Waals surface area contributed by atoms with Crippen LogP contribution in [0.15, 0.2) is 60.7 Å². The normalized spacial score (nSPS) is 14.3. The Labute approximate surface area is 187 Å². The van der Waals surface area contributed by atoms with Crippen molar-refractivity contribution in [3.8, 4) is 0 Å². The van der Waals surface area contributed by atoms with E-state index in [1.165, 1.54) is 12.1 Å². The van der Waals surface area contributed by atoms with Gasteiger partial charge in [-0.15, -0.1) is 0 Å². The van der Waals surface area contributed by atoms with E-state index in [4.69, 9.17) is 4.98 Å². The van der Waals surface area contributed by atoms with Crippen LogP contribution in [0.1, 0.15) is 56.4 Å². The first-order chi connectivity index (χ1) is 15.4. The second-order valence-corrected chi connectivity index (χ2v) is 8.29. The van der Waals surface area contributed by atoms with Crippen LogP contribution in [0.2, 0.25) is 0 Å². The number of nitrogens with one attached hydrogen (secondary N) is 1. The minimum atomic E-state index is -0.418. The molecular weight excluding hydrogens is 405 g/mol. The van der Waals surface area contributed by atoms with Crippen molar-refractivity contribution in [3.63, 3.8) is 0 Å². The number of rotatable bonds is 4. The van der Waals surface area contributed by atoms with Crippen molar-refractivity contribution in [2.45, 2.75) is 32.6 Å². The molecule has 1 N–H and O–H groups in total. The average molecular weight is 432 g/mol. The number of carbonyl (C=O) groups is 2. The van der Waals surface area contributed by atoms with E-state index >= 15 is 0 Å². The Morgan fingerprint density at radius 3 is 2.47 bits per heavy atom. The molecule has 0 bridgehead atoms. The minimum Gasteiger partial charge on any atom is -0.339 e. The molecule has 1 aliphatic rings. The Morgan fingerprint density at radius 1 is 1.00 bits per heavy atom. The van der Waals surface area contributed by atoms with Gasteiger partial charge in [-0.05, 0) is 74.7 Å². The minimum absolute atomic E-state index is 0.0738. The van der Waals surface area contributed by atoms with Gasteiger partial charge >= 0.3 is 0 Å². The molecular formula is C26H26FN3O2. The Kier molecular flexibility index (Phi) is 6.30. The molecule has 1 aliphatic heterocycles. The second kappa shape index (κ2) is 9.30. The van der Waals surface area contributed by atoms with Gasteiger partial charge in [-0.1, -0.05) is 18.2 Å². The molecule has 0 unspecified atom stereocenters. The Morgan fingerprint density at radius 2 is 1.75 bits per heavy atom. The summed E-state index contributed by atoms with van der Waals surface area (Å²) in [6.07, 6.45) is 1.39. The van der Waals surface area contributed by atoms with Gasteiger partial charge in [-0.25, -0.2) is 4.39 Å². The number of piperidine rings is 1. The standard InChI is InChI=1S/C26H26FN3O2/c1-17-5-3-8-22(15-17)29-25(31)23-10-9-18(2)28-24(23)19-11-13-30(14-12-19)26(32)20-6-4-7-21(27)16-20/h3-10,15-16,19H,11-14H2,1-2H3,(H,29,31). The van der Waals surface area contributed by atoms with E-state index in [1.54, 1.807) is 17.0 Å². The molecule has 0 aliphatic carbocycles. The predicted molar refractivity (Wildman–Crippen MR) is 122 cm³/mol. The highest BCUT2D eigenvalue weighted by Gasteiger charge is 2.28. The van der Waals surface area contributed by atoms with Crippen molar-refractivity contribution in [1.82, 2.24) is 9.88 Å². The van der Waals surface area contributed by atoms with E-state index in [9.17, 15) is 14.0 Å². The Hall–Kier alpha value is -3.54. The monoisotopic (exact) mass is 431 g/mol. The molecule has 0 radical (unpaired) electrons. The zero-order valence-corrected chi connectivity index (χ0v) is 18.3. The summed E-state index contributed by atoms with van der Waals surface area (Å²) in [6.45, 7) is 4.96. The number of hydrogen-bond donors (Lipinski definition) is 1. The zero-order valence-electron chi connectivity index (χ0n) is 18.3. The van der Waals surface area contributed by atoms with Crippen LogP contribution in [0.3, 0.4) is 0 Å². The molecule has 32 heavy (non-hydrogen) atoms. The van der Waals surface area contributed by atoms with Crippen LogP contribution in [-0.2, 0) is 0 Å². The van der Waals surface area contributed by atoms with Gasteiger partial charge < -0.3 is 10.2 Å². The molecule has 1 saturated heterocycles. The number of carbonyl (C=O) groups excluding carboxylic acids is 2. The van der Waals surface area contributed by atoms with E-state index in [0.717, 1.165) is 22.6 Å². The largest absolute Gasteiger partial charge is 0.339 e. The molecule has 3 aromatic rings. The number of aromatic nitrogens is 1. The lowest BCUT2D eigenvalue weighted by Gasteiger charge is -2.32. The summed E-state index contributed by atoms with van der Waals surface area (Å²) in [6, 6.07) is 17.1. The van der Waals surface area contributed by atoms with Crippen molar-refractivity contribution in [3.05, 3.63) is 94.6 Å². The van der Waals surface area contributed by atoms with Gasteiger partial charge in [0.25, 0.3) is 11.8 Å². The lowest BCUT2D eigenvalue weighted by molar-refractivity contribution is 0.0710. The van der Waals surface area contributed by atoms with Crippen LogP contribution in [0.4, 0.5) is 10.1 Å². The summed E-state index contributed by atoms with van der Waals surface area (Å²) < 4.78 is 13.5. The maximum atomic E-state index is 13.5. The van der Waals surface area contributed by atoms with Crippen LogP contribution in [-0.4, -0.2) is 34.8 Å². The van der Waals surface area contributed by atoms with E-state index in [-0.39, 0.29) is 17.7 Å². The van der Waals surface area contributed by atoms with E-state index in [2.05, 4.69) is 5.32 Å². The van der Waals surface area contributed by atoms with Gasteiger partial charge in [0.05, 0.1) is 11.3 Å². The summed E-state index contributed by atoms with van der Waals surface area (Å²) in [5.74, 6) is -0.697. The summed E-state index contributed by atoms with van der Waals surface area (Å²) in [5, 5.41) is 2.97. The first-order valence-electron chi connectivity index (χ1n) is 10.8. The molecule has 6 heteroatoms. The summed E-state index contributed by atoms with van der Waals surface area (Å²) in [7, 11) is 0. The highest BCUT2D eigenvalue weighted by Crippen LogP contribution is 2.30. The molecule has 1 fully saturated rings. The molecule has 2 heterocycles. The Balaban J connectivity index is 1.49. The molecule has 5 nitrogen and oxygen atoms in total. The molecule has 4 rings (SSSR count). The topological polar surface area (TPSA) is 62.3 Å². The lowest BCUT2D eigenvalue weighted by Crippen LogP contribution is -2.38. The quantitative estimate of drug-likeness (QED) is 0.624. The van der Waals surface area contributed by atoms with E-state index in [0.29, 0.717) is 37.1 Å². The molecule has 0 saturated carbocycles. The first kappa shape index (κ1) is 21.7. The number of amides is 2. The third kappa shape index (κ3) is 4.85. The number of halogens is 1. The summed E-state index contributed by atoms with van der Waals surface area (Å²) in [4.78, 5) is 32.2. The van der Waals surface area contributed by atoms with Crippen LogP contribution < -0.4 is 5.32 Å². The number of likely N-dealkylation sites (tertiary alicyclic amines) is 1. The van der Waals surface area contributed by atoms with Crippen molar-refractivity contribution in [1.29, 1.82) is 0 Å². The van der Waals surface area contributed by atoms with Crippen molar-refractivity contribution >= 4 is 17.5 Å². The summed E-state index contributed by atoms with van der Waals surface area (Å²) >= 11 is 0. The lowest BCUT2D eigenvalue weighted by atomic mass is 9.89. The molecule has 0 atom stereocenters. The SMILES string of the molecule is Cc1cccc(NC(=O)c2ccc(C)nc2C2CCN(C(=O)c3cccc(F)c3)CC2)c1. The fourth-order valence-corrected chi connectivity index (χ4v) is 4.16. The van der Waals surface area contributed by atoms with Crippen LogP contribution in [0.25, 0.3) is 0 Å². The smallest absolute Gasteiger partial charge is 0.257 e. The van der Waals surface area contributed by atoms with Crippen LogP contribution in [0, 0.1) is 19.7 Å². The highest BCUT2D eigenvalue weighted by atomic mass is 19.1. The van der Waals surface area contributed by atoms with Gasteiger partial charge in [-0.2, -0.15) is 0 Å². The number of hydrogen-bond acceptors (Lipinski definition) is 3. The molecule has 0 spiro atoms. The zero-order chi connectivity index (χ0) is 22.7. The van der Waals surface area contributed by atoms with E-state index in [1.807, 2.05) is 50.2 Å². The van der Waals surface area contributed by atoms with E-state index < -0.39 is 5.82 Å². The number of anilines is 1. The van der Waals surface area contributed by atoms with Crippen LogP contribution >= 0.6 is 0 Å². The fraction of sp³-hybridized carbons (Fsp3) is 0.269. The van der Waals surface area contributed by atoms with Crippen molar-refractivity contribution in [2.24, 2.45) is 0 Å². The van der Waals surface area contributed by atoms with Crippen molar-refractivity contribution in [2.75, 3.05) is 18.4 Å². The molecule has 1 aromatic heterocycles. The molecule has 164 valence electrons. The van der Waals surface area contributed by atoms with Gasteiger partial charge in [0.15, 0.2) is 0 Å². The average Bonchev–Trinajstić information content (AvgIpc) is 2.78. The van der Waals surface area contributed by atoms with Gasteiger partial charge in [0.1, 0.15) is 5.82 Å². The molecule has 2 amide bonds. The number of aryl methyl sites for hydroxylation is 2. The van der Waals surface area contributed by atoms with Gasteiger partial charge in [0, 0.05) is 36.0 Å². The molecule has 2 aromatic carbocycles. The Bertz CT molecular complexity index is 1150. The third-order valence-corrected chi connectivity index (χ3v) is 5.82. The number of benzene rings is 2. The predicted octanol–water partition coefficient (Wildman–Crippen LogP) is 5.11. The third-order valence-electron chi connectivity index (χ3n) is 5.82. The highest BCUT2D eigenvalue weighted by molar-refractivity contribution is 6.05. The number of pyridine rings is 1. The number of nitrogens with zero attached hydrogens (tertiary/aromatic N) is 2. The van der Waals surface area contributed by atoms with Crippen LogP contribution in [0.5, 0.6) is 0 Å². The summed E-state index contributed by atoms with van der Waals surface area (Å²) in [5.41, 5.74) is 4.36.